The molecule has 2 aromatic rings. The van der Waals surface area contributed by atoms with Gasteiger partial charge in [0.25, 0.3) is 5.91 Å². The van der Waals surface area contributed by atoms with Crippen LogP contribution in [0.5, 0.6) is 0 Å². The molecule has 0 spiro atoms. The third-order valence-corrected chi connectivity index (χ3v) is 9.69. The summed E-state index contributed by atoms with van der Waals surface area (Å²) in [6.45, 7) is 3.97. The minimum absolute atomic E-state index is 0.0116. The quantitative estimate of drug-likeness (QED) is 0.498. The van der Waals surface area contributed by atoms with Gasteiger partial charge in [-0.05, 0) is 63.1 Å². The van der Waals surface area contributed by atoms with Crippen molar-refractivity contribution in [3.8, 4) is 0 Å². The molecular weight excluding hydrogens is 510 g/mol. The highest BCUT2D eigenvalue weighted by atomic mass is 32.2. The van der Waals surface area contributed by atoms with Crippen LogP contribution >= 0.6 is 11.3 Å². The predicted octanol–water partition coefficient (Wildman–Crippen LogP) is 5.01. The number of ether oxygens (including phenoxy) is 2. The summed E-state index contributed by atoms with van der Waals surface area (Å²) in [6.07, 6.45) is -0.623. The molecule has 0 radical (unpaired) electrons. The van der Waals surface area contributed by atoms with E-state index in [0.29, 0.717) is 35.8 Å². The van der Waals surface area contributed by atoms with Crippen LogP contribution in [0, 0.1) is 5.92 Å². The summed E-state index contributed by atoms with van der Waals surface area (Å²) in [4.78, 5) is 18.0. The van der Waals surface area contributed by atoms with Crippen molar-refractivity contribution >= 4 is 37.8 Å². The number of carbonyl (C=O) groups is 1. The van der Waals surface area contributed by atoms with E-state index in [9.17, 15) is 22.0 Å². The molecule has 7 nitrogen and oxygen atoms in total. The monoisotopic (exact) mass is 538 g/mol. The highest BCUT2D eigenvalue weighted by Crippen LogP contribution is 2.37. The maximum atomic E-state index is 13.8. The van der Waals surface area contributed by atoms with Crippen molar-refractivity contribution in [1.82, 2.24) is 4.98 Å². The molecule has 3 atom stereocenters. The minimum atomic E-state index is -3.38. The minimum Gasteiger partial charge on any atom is -0.347 e. The molecule has 3 unspecified atom stereocenters. The van der Waals surface area contributed by atoms with Gasteiger partial charge in [0.15, 0.2) is 20.8 Å². The first-order valence-electron chi connectivity index (χ1n) is 11.9. The number of carbonyl (C=O) groups excluding carboxylic acids is 1. The van der Waals surface area contributed by atoms with Crippen LogP contribution in [0.3, 0.4) is 0 Å². The van der Waals surface area contributed by atoms with Gasteiger partial charge < -0.3 is 9.47 Å². The molecule has 1 aromatic carbocycles. The van der Waals surface area contributed by atoms with Gasteiger partial charge in [-0.25, -0.2) is 22.2 Å². The van der Waals surface area contributed by atoms with Gasteiger partial charge in [-0.3, -0.25) is 10.1 Å². The molecule has 1 aromatic heterocycles. The van der Waals surface area contributed by atoms with Gasteiger partial charge in [0.2, 0.25) is 0 Å². The summed E-state index contributed by atoms with van der Waals surface area (Å²) in [5.74, 6) is -1.66. The number of amides is 1. The Morgan fingerprint density at radius 3 is 2.42 bits per heavy atom. The Balaban J connectivity index is 1.38. The van der Waals surface area contributed by atoms with Gasteiger partial charge in [0, 0.05) is 11.0 Å². The number of hydrogen-bond acceptors (Lipinski definition) is 7. The average Bonchev–Trinajstić information content (AvgIpc) is 3.39. The molecule has 36 heavy (non-hydrogen) atoms. The number of aromatic nitrogens is 1. The van der Waals surface area contributed by atoms with Crippen LogP contribution in [0.1, 0.15) is 56.9 Å². The number of rotatable bonds is 7. The van der Waals surface area contributed by atoms with Crippen LogP contribution in [0.2, 0.25) is 0 Å². The van der Waals surface area contributed by atoms with Crippen molar-refractivity contribution in [2.75, 3.05) is 11.9 Å². The van der Waals surface area contributed by atoms with Gasteiger partial charge in [0.1, 0.15) is 18.4 Å². The Labute approximate surface area is 212 Å². The number of benzene rings is 1. The molecule has 3 aliphatic rings. The van der Waals surface area contributed by atoms with E-state index in [2.05, 4.69) is 10.3 Å². The third-order valence-electron chi connectivity index (χ3n) is 6.63. The van der Waals surface area contributed by atoms with Crippen LogP contribution < -0.4 is 5.32 Å². The summed E-state index contributed by atoms with van der Waals surface area (Å²) in [5, 5.41) is 4.56. The predicted molar refractivity (Wildman–Crippen MR) is 132 cm³/mol. The first-order valence-corrected chi connectivity index (χ1v) is 14.4. The largest absolute Gasteiger partial charge is 0.347 e. The highest BCUT2D eigenvalue weighted by molar-refractivity contribution is 7.92. The number of nitrogens with zero attached hydrogens (tertiary/aromatic N) is 1. The molecule has 3 fully saturated rings. The lowest BCUT2D eigenvalue weighted by Gasteiger charge is -2.16. The highest BCUT2D eigenvalue weighted by Gasteiger charge is 2.38. The molecule has 11 heteroatoms. The van der Waals surface area contributed by atoms with E-state index in [1.807, 2.05) is 13.8 Å². The van der Waals surface area contributed by atoms with Crippen molar-refractivity contribution in [3.05, 3.63) is 47.0 Å². The number of halogens is 2. The number of thiazole rings is 1. The molecule has 1 N–H and O–H groups in total. The molecule has 2 aliphatic carbocycles. The van der Waals surface area contributed by atoms with Crippen molar-refractivity contribution in [2.45, 2.75) is 73.9 Å². The Morgan fingerprint density at radius 2 is 1.83 bits per heavy atom. The maximum Gasteiger partial charge on any atom is 0.257 e. The first-order chi connectivity index (χ1) is 17.0. The summed E-state index contributed by atoms with van der Waals surface area (Å²) >= 11 is 1.23. The Hall–Kier alpha value is -2.21. The molecular formula is C25H28F2N2O5S2. The van der Waals surface area contributed by atoms with E-state index in [4.69, 9.17) is 9.47 Å². The zero-order valence-electron chi connectivity index (χ0n) is 19.9. The van der Waals surface area contributed by atoms with Crippen molar-refractivity contribution in [1.29, 1.82) is 0 Å². The molecule has 5 rings (SSSR count). The fourth-order valence-corrected chi connectivity index (χ4v) is 6.93. The third kappa shape index (κ3) is 5.39. The normalized spacial score (nSPS) is 28.4. The number of allylic oxidation sites excluding steroid dienone is 1. The maximum absolute atomic E-state index is 13.8. The molecule has 1 saturated heterocycles. The van der Waals surface area contributed by atoms with E-state index in [1.165, 1.54) is 23.5 Å². The SMILES string of the molecule is CC1(C)OCC(c2csc(NC(=O)/C(=C/C3CC(F)C(F)C3)c3ccc(S(=O)(=O)C4CC4)cc3)n2)O1. The first kappa shape index (κ1) is 25.4. The summed E-state index contributed by atoms with van der Waals surface area (Å²) in [5.41, 5.74) is 1.32. The van der Waals surface area contributed by atoms with E-state index in [0.717, 1.165) is 0 Å². The van der Waals surface area contributed by atoms with Crippen molar-refractivity contribution in [2.24, 2.45) is 5.92 Å². The second-order valence-corrected chi connectivity index (χ2v) is 13.0. The fraction of sp³-hybridized carbons (Fsp3) is 0.520. The topological polar surface area (TPSA) is 94.6 Å². The standard InChI is InChI=1S/C25H28F2N2O5S2/c1-25(2)33-12-22(34-25)21-13-35-24(28-21)29-23(30)18(9-14-10-19(26)20(27)11-14)15-3-5-16(6-4-15)36(31,32)17-7-8-17/h3-6,9,13-14,17,19-20,22H,7-8,10-12H2,1-2H3,(H,28,29,30)/b18-9+. The van der Waals surface area contributed by atoms with Gasteiger partial charge in [-0.1, -0.05) is 18.2 Å². The van der Waals surface area contributed by atoms with Crippen LogP contribution in [-0.2, 0) is 24.1 Å². The number of nitrogens with one attached hydrogen (secondary N) is 1. The Morgan fingerprint density at radius 1 is 1.17 bits per heavy atom. The summed E-state index contributed by atoms with van der Waals surface area (Å²) in [6, 6.07) is 6.09. The number of sulfone groups is 1. The van der Waals surface area contributed by atoms with Crippen molar-refractivity contribution in [3.63, 3.8) is 0 Å². The van der Waals surface area contributed by atoms with E-state index in [1.54, 1.807) is 23.6 Å². The van der Waals surface area contributed by atoms with Crippen LogP contribution in [0.25, 0.3) is 5.57 Å². The zero-order chi connectivity index (χ0) is 25.7. The lowest BCUT2D eigenvalue weighted by Crippen LogP contribution is -2.19. The number of alkyl halides is 2. The second kappa shape index (κ2) is 9.59. The number of anilines is 1. The zero-order valence-corrected chi connectivity index (χ0v) is 21.6. The van der Waals surface area contributed by atoms with Crippen molar-refractivity contribution < 1.29 is 31.5 Å². The Bertz CT molecular complexity index is 1260. The Kier molecular flexibility index (Phi) is 6.78. The van der Waals surface area contributed by atoms with E-state index in [-0.39, 0.29) is 34.7 Å². The molecule has 2 heterocycles. The smallest absolute Gasteiger partial charge is 0.257 e. The van der Waals surface area contributed by atoms with Gasteiger partial charge in [-0.15, -0.1) is 11.3 Å². The molecule has 194 valence electrons. The molecule has 0 bridgehead atoms. The van der Waals surface area contributed by atoms with Gasteiger partial charge in [0.05, 0.1) is 22.4 Å². The molecule has 2 saturated carbocycles. The van der Waals surface area contributed by atoms with Crippen LogP contribution in [-0.4, -0.2) is 49.3 Å². The second-order valence-electron chi connectivity index (χ2n) is 9.96. The summed E-state index contributed by atoms with van der Waals surface area (Å²) < 4.78 is 64.2. The lowest BCUT2D eigenvalue weighted by atomic mass is 9.98. The number of hydrogen-bond donors (Lipinski definition) is 1. The molecule has 1 aliphatic heterocycles. The van der Waals surface area contributed by atoms with E-state index >= 15 is 0 Å². The summed E-state index contributed by atoms with van der Waals surface area (Å²) in [7, 11) is -3.38. The van der Waals surface area contributed by atoms with Crippen LogP contribution in [0.4, 0.5) is 13.9 Å². The van der Waals surface area contributed by atoms with Gasteiger partial charge >= 0.3 is 0 Å². The fourth-order valence-electron chi connectivity index (χ4n) is 4.53. The van der Waals surface area contributed by atoms with Crippen LogP contribution in [0.15, 0.2) is 40.6 Å². The van der Waals surface area contributed by atoms with E-state index < -0.39 is 39.8 Å². The molecule has 1 amide bonds. The average molecular weight is 539 g/mol. The van der Waals surface area contributed by atoms with Gasteiger partial charge in [-0.2, -0.15) is 0 Å². The lowest BCUT2D eigenvalue weighted by molar-refractivity contribution is -0.139.